The SMILES string of the molecule is [2H]c1nc(=Nc2c([2H])c(C(=O)Nc3cc(C)cc(-n4c([2H])cc(C)c4[2H])c3)c([2H])c([2H])c2C([2H])([2H])[2H])[nH]c(-c2c([2H])nc([2H])c([2H])c2[2H])c1[2H].[2H]c1nc(=Nc2c([2H])c(C(=O)Nc3cc(C)cc(-n4c([2H])nc(C)c4[2H])c3)c([2H])c([2H])c2C([2H])([2H])[2H])[nH]c(-c2c([2H])nc([2H])c([2H])c2[2H])c1[2H].[2H]c1nc(=Nc2c([2H])c(C(=O)Nc3cc(C)cc(-n4c([2H])nc(C)c4[2H])c3)c([2H])c([2H])c2C)[nH]c(-c2c([2H])nc([2H])c([2H])c2[2H])c1[2H].[2H]c1nc(=Nc2cc(C(=O)Nc3c([2H])c(C)c([2H])c(-n4ccc(C)c4)c3[2H])ccc2C)[nH]c(-c2cccnc2)c1[2H]. The molecule has 12 heterocycles. The van der Waals surface area contributed by atoms with E-state index in [2.05, 4.69) is 111 Å². The molecule has 0 saturated heterocycles. The molecule has 8 aromatic carbocycles. The Morgan fingerprint density at radius 2 is 0.764 bits per heavy atom. The fraction of sp³-hybridized carbons (Fsp3) is 0.105. The van der Waals surface area contributed by atoms with Crippen LogP contribution in [-0.4, -0.2) is 112 Å². The number of anilines is 4. The Balaban J connectivity index is 0.000000164. The molecule has 0 atom stereocenters. The second kappa shape index (κ2) is 44.5. The van der Waals surface area contributed by atoms with Crippen LogP contribution in [0.15, 0.2) is 374 Å². The zero-order valence-corrected chi connectivity index (χ0v) is 77.2. The molecule has 20 rings (SSSR count). The van der Waals surface area contributed by atoms with Crippen molar-refractivity contribution in [1.29, 1.82) is 0 Å². The molecular weight excluding hydrogens is 1800 g/mol. The van der Waals surface area contributed by atoms with Gasteiger partial charge in [-0.3, -0.25) is 39.1 Å². The maximum absolute atomic E-state index is 13.7. The maximum Gasteiger partial charge on any atom is 0.255 e. The van der Waals surface area contributed by atoms with Crippen LogP contribution < -0.4 is 43.7 Å². The van der Waals surface area contributed by atoms with Gasteiger partial charge in [-0.05, 0) is 344 Å². The third-order valence-electron chi connectivity index (χ3n) is 19.8. The van der Waals surface area contributed by atoms with Crippen molar-refractivity contribution in [1.82, 2.24) is 88.0 Å². The van der Waals surface area contributed by atoms with Gasteiger partial charge in [0.25, 0.3) is 23.6 Å². The summed E-state index contributed by atoms with van der Waals surface area (Å²) in [6.45, 7) is 10.4. The Morgan fingerprint density at radius 3 is 1.18 bits per heavy atom. The number of H-pyrrole nitrogens is 4. The van der Waals surface area contributed by atoms with Gasteiger partial charge in [0, 0.05) is 209 Å². The van der Waals surface area contributed by atoms with Gasteiger partial charge in [0.1, 0.15) is 2.74 Å². The number of hydrogen-bond donors (Lipinski definition) is 8. The van der Waals surface area contributed by atoms with Crippen LogP contribution in [0, 0.1) is 82.9 Å². The molecule has 4 amide bonds. The van der Waals surface area contributed by atoms with Gasteiger partial charge in [-0.25, -0.2) is 49.9 Å². The van der Waals surface area contributed by atoms with Crippen LogP contribution in [0.5, 0.6) is 0 Å². The normalized spacial score (nSPS) is 16.0. The maximum atomic E-state index is 13.7. The van der Waals surface area contributed by atoms with Crippen LogP contribution in [0.1, 0.15) is 169 Å². The van der Waals surface area contributed by atoms with Crippen molar-refractivity contribution in [3.63, 3.8) is 0 Å². The van der Waals surface area contributed by atoms with Gasteiger partial charge in [-0.1, -0.05) is 24.2 Å². The molecule has 0 saturated carbocycles. The number of nitrogens with zero attached hydrogens (tertiary/aromatic N) is 18. The average molecular weight is 1940 g/mol. The number of benzene rings is 8. The van der Waals surface area contributed by atoms with Crippen LogP contribution >= 0.6 is 0 Å². The molecule has 30 nitrogen and oxygen atoms in total. The molecule has 0 aliphatic carbocycles. The Kier molecular flexibility index (Phi) is 17.3. The lowest BCUT2D eigenvalue weighted by atomic mass is 10.1. The van der Waals surface area contributed by atoms with Crippen LogP contribution in [0.25, 0.3) is 67.8 Å². The first kappa shape index (κ1) is 56.0. The van der Waals surface area contributed by atoms with E-state index in [0.29, 0.717) is 73.2 Å². The highest BCUT2D eigenvalue weighted by Crippen LogP contribution is 2.31. The van der Waals surface area contributed by atoms with E-state index in [1.807, 2.05) is 19.9 Å². The monoisotopic (exact) mass is 1940 g/mol. The summed E-state index contributed by atoms with van der Waals surface area (Å²) in [5.41, 5.74) is -1.06. The van der Waals surface area contributed by atoms with Crippen molar-refractivity contribution in [2.45, 2.75) is 82.9 Å². The lowest BCUT2D eigenvalue weighted by molar-refractivity contribution is 0.101. The molecule has 0 radical (unpaired) electrons. The van der Waals surface area contributed by atoms with Gasteiger partial charge >= 0.3 is 0 Å². The van der Waals surface area contributed by atoms with Gasteiger partial charge in [0.2, 0.25) is 22.5 Å². The van der Waals surface area contributed by atoms with E-state index in [1.54, 1.807) is 138 Å². The summed E-state index contributed by atoms with van der Waals surface area (Å²) < 4.78 is 368. The molecule has 712 valence electrons. The zero-order chi connectivity index (χ0) is 138. The number of aromatic amines is 4. The number of nitrogens with one attached hydrogen (secondary N) is 8. The fourth-order valence-electron chi connectivity index (χ4n) is 13.2. The van der Waals surface area contributed by atoms with Gasteiger partial charge < -0.3 is 59.5 Å². The molecule has 0 bridgehead atoms. The van der Waals surface area contributed by atoms with Crippen molar-refractivity contribution < 1.29 is 79.5 Å². The number of carbonyl (C=O) groups excluding carboxylic acids is 4. The van der Waals surface area contributed by atoms with Gasteiger partial charge in [-0.15, -0.1) is 0 Å². The van der Waals surface area contributed by atoms with E-state index in [-0.39, 0.29) is 130 Å². The second-order valence-electron chi connectivity index (χ2n) is 31.1. The lowest BCUT2D eigenvalue weighted by Gasteiger charge is -2.11. The molecule has 12 aromatic heterocycles. The molecular formula is C114H102N26O4. The minimum Gasteiger partial charge on any atom is -0.324 e. The largest absolute Gasteiger partial charge is 0.324 e. The smallest absolute Gasteiger partial charge is 0.255 e. The minimum atomic E-state index is -3.15. The molecule has 0 aliphatic rings. The lowest BCUT2D eigenvalue weighted by Crippen LogP contribution is -2.14. The van der Waals surface area contributed by atoms with Crippen LogP contribution in [0.4, 0.5) is 45.5 Å². The number of pyridine rings is 4. The Morgan fingerprint density at radius 1 is 0.333 bits per heavy atom. The first-order valence-electron chi connectivity index (χ1n) is 64.8. The van der Waals surface area contributed by atoms with Crippen molar-refractivity contribution >= 4 is 69.1 Å². The van der Waals surface area contributed by atoms with Crippen LogP contribution in [0.3, 0.4) is 0 Å². The van der Waals surface area contributed by atoms with E-state index in [1.165, 1.54) is 51.0 Å². The highest BCUT2D eigenvalue weighted by atomic mass is 16.2. The molecule has 0 aliphatic heterocycles. The van der Waals surface area contributed by atoms with E-state index < -0.39 is 280 Å². The van der Waals surface area contributed by atoms with Crippen molar-refractivity contribution in [2.75, 3.05) is 21.3 Å². The number of aromatic nitrogens is 18. The van der Waals surface area contributed by atoms with E-state index >= 15 is 0 Å². The number of hydrogen-bond acceptors (Lipinski definition) is 18. The highest BCUT2D eigenvalue weighted by Gasteiger charge is 2.18. The summed E-state index contributed by atoms with van der Waals surface area (Å²) in [6, 6.07) is 12.8. The molecule has 20 aromatic rings. The molecule has 0 fully saturated rings. The minimum absolute atomic E-state index is 0.00455. The van der Waals surface area contributed by atoms with Gasteiger partial charge in [0.05, 0.1) is 119 Å². The third kappa shape index (κ3) is 25.2. The Hall–Kier alpha value is -19.3. The van der Waals surface area contributed by atoms with Gasteiger partial charge in [-0.2, -0.15) is 0 Å². The van der Waals surface area contributed by atoms with E-state index in [4.69, 9.17) is 60.3 Å². The molecule has 30 heteroatoms. The van der Waals surface area contributed by atoms with Crippen molar-refractivity contribution in [2.24, 2.45) is 20.0 Å². The number of imidazole rings is 2. The predicted molar refractivity (Wildman–Crippen MR) is 561 cm³/mol. The van der Waals surface area contributed by atoms with Crippen LogP contribution in [-0.2, 0) is 0 Å². The first-order chi connectivity index (χ1) is 88.0. The molecule has 144 heavy (non-hydrogen) atoms. The predicted octanol–water partition coefficient (Wildman–Crippen LogP) is 21.5. The first-order valence-corrected chi connectivity index (χ1v) is 42.8. The van der Waals surface area contributed by atoms with Crippen LogP contribution in [0.2, 0.25) is 0 Å². The van der Waals surface area contributed by atoms with E-state index in [0.717, 1.165) is 11.1 Å². The van der Waals surface area contributed by atoms with Crippen molar-refractivity contribution in [3.8, 4) is 67.8 Å². The molecule has 0 spiro atoms. The van der Waals surface area contributed by atoms with Gasteiger partial charge in [0.15, 0.2) is 0 Å². The topological polar surface area (TPSA) is 378 Å². The summed E-state index contributed by atoms with van der Waals surface area (Å²) in [6.07, 6.45) is -0.0739. The molecule has 8 N–H and O–H groups in total. The summed E-state index contributed by atoms with van der Waals surface area (Å²) in [5.74, 6) is -3.64. The number of amides is 4. The molecule has 0 unspecified atom stereocenters. The summed E-state index contributed by atoms with van der Waals surface area (Å²) in [4.78, 5) is 120. The zero-order valence-electron chi connectivity index (χ0n) is 121. The quantitative estimate of drug-likeness (QED) is 0.0352. The number of carbonyl (C=O) groups is 4. The Labute approximate surface area is 891 Å². The summed E-state index contributed by atoms with van der Waals surface area (Å²) >= 11 is 0. The summed E-state index contributed by atoms with van der Waals surface area (Å²) in [5, 5.41) is 10.4. The number of aryl methyl sites for hydroxylation is 8. The summed E-state index contributed by atoms with van der Waals surface area (Å²) in [7, 11) is 0. The third-order valence-corrected chi connectivity index (χ3v) is 19.8. The second-order valence-corrected chi connectivity index (χ2v) is 31.1. The van der Waals surface area contributed by atoms with Crippen molar-refractivity contribution in [3.05, 3.63) is 466 Å². The highest BCUT2D eigenvalue weighted by molar-refractivity contribution is 6.07. The van der Waals surface area contributed by atoms with E-state index in [9.17, 15) is 19.2 Å². The standard InChI is InChI=1S/2C29H26N6O.2C28H25N7O/c2*1-19-9-12-35(18-19)25-14-20(2)13-24(16-25)32-28(36)22-7-6-21(3)27(15-22)34-29-31-11-8-26(33-29)23-5-4-10-30-17-23;2*1-18-11-23(14-24(12-18)35-16-20(3)31-17-35)32-27(36)21-7-6-19(2)26(13-21)34-28-30-10-8-25(33-28)22-5-4-9-29-15-22/h2*4-18H,1-3H3,(H,32,36)(H,31,33,34);2*4-17H,1-3H3,(H,32,36)(H,30,33,34)/i3D3,4D,5D,6D,7D,8D,10D,11D,12D,15D,17D,18D;8D,11D,13D,14D,16D;2D3,4D,5D,6D,7D,8D,9D,10D,13D,15D,16D,17D;4D,5D,6D,7D,8D,9D,10D,13D,15D,16D,17D. The fourth-order valence-corrected chi connectivity index (χ4v) is 13.2. The average Bonchev–Trinajstić information content (AvgIpc) is 0.855. The number of rotatable bonds is 20. The Bertz CT molecular complexity index is 10900.